The third kappa shape index (κ3) is 26.8. The van der Waals surface area contributed by atoms with E-state index in [1.54, 1.807) is 83.9 Å². The first-order valence-electron chi connectivity index (χ1n) is 39.8. The van der Waals surface area contributed by atoms with Gasteiger partial charge in [0.2, 0.25) is 29.5 Å². The first kappa shape index (κ1) is 94.7. The van der Waals surface area contributed by atoms with Crippen molar-refractivity contribution in [3.05, 3.63) is 248 Å². The molecule has 5 heterocycles. The van der Waals surface area contributed by atoms with Gasteiger partial charge in [-0.15, -0.1) is 0 Å². The van der Waals surface area contributed by atoms with E-state index >= 15 is 4.39 Å². The molecule has 2 aliphatic rings. The minimum atomic E-state index is -4.63. The van der Waals surface area contributed by atoms with Crippen molar-refractivity contribution >= 4 is 133 Å². The Labute approximate surface area is 740 Å². The lowest BCUT2D eigenvalue weighted by molar-refractivity contribution is -0.192. The third-order valence-electron chi connectivity index (χ3n) is 20.2. The van der Waals surface area contributed by atoms with Gasteiger partial charge in [-0.25, -0.2) is 52.8 Å². The molecule has 7 aromatic carbocycles. The van der Waals surface area contributed by atoms with Crippen LogP contribution in [-0.4, -0.2) is 189 Å². The standard InChI is InChI=1S/C58H59Cl3F2N10O9.C29H31ClF4N6O4/c1-37(74)72(45(22-23-52(75)70-25-24-67-58(2,3)36-70)35-81-73(50-27-39-14-7-8-15-41(39)29-64-50)55(76)65-30-42-17-10-20-47(62)53(42)60)71(32-43-18-11-21-48(63)54(43)61)46(31-66-56(77)79-33-38-12-5-4-6-13-38)34-80-57(78)68-51-28-49(69-82-51)40-16-9-19-44(59)26-40;1-18(41)40(37-15-21-7-4-8-23(31)27(21)30)22(9-10-26(42)39-12-11-35-16-24(39)29(32,33)34)17-44-28(43)38-25-13-19-5-2-3-6-20(19)14-36-25/h4-21,26-29,45-46,67H,22-25,30-36H2,1-3H3,(H,65,76)(H,66,77)(H,68,78);2-8,13-14,22,24,35,37H,9-12,15-17H2,1H3,(H,36,38,43)/t45-,46-;22-,24-/m00/s1. The maximum Gasteiger partial charge on any atom is 0.414 e. The van der Waals surface area contributed by atoms with Crippen molar-refractivity contribution in [2.45, 2.75) is 116 Å². The molecule has 666 valence electrons. The summed E-state index contributed by atoms with van der Waals surface area (Å²) in [5, 5.41) is 28.0. The molecule has 39 heteroatoms. The predicted octanol–water partition coefficient (Wildman–Crippen LogP) is 15.6. The molecule has 0 bridgehead atoms. The van der Waals surface area contributed by atoms with Gasteiger partial charge in [-0.2, -0.15) is 18.2 Å². The SMILES string of the molecule is CC(=O)N(NCc1cccc(F)c1Cl)[C@@H](CCC(=O)N1CCNC[C@H]1C(F)(F)F)COC(=O)Nc1cc2ccccc2cn1.CC(=O)N([C@@H](CCC(=O)N1CCNC(C)(C)C1)CON(C(=O)NCc1cccc(F)c1Cl)c1cc2ccccc2cn1)N(Cc1cccc(F)c1Cl)[C@@H](CNC(=O)OCc1ccccc1)COC(=O)Nc1cc(-c2cccc(Cl)c2)no1. The van der Waals surface area contributed by atoms with Crippen molar-refractivity contribution < 1.29 is 88.3 Å². The van der Waals surface area contributed by atoms with Crippen LogP contribution in [0.2, 0.25) is 20.1 Å². The van der Waals surface area contributed by atoms with Crippen LogP contribution in [0.4, 0.5) is 63.0 Å². The van der Waals surface area contributed by atoms with Crippen molar-refractivity contribution in [2.24, 2.45) is 0 Å². The molecule has 12 rings (SSSR count). The summed E-state index contributed by atoms with van der Waals surface area (Å²) < 4.78 is 107. The van der Waals surface area contributed by atoms with Crippen LogP contribution in [0.3, 0.4) is 0 Å². The van der Waals surface area contributed by atoms with E-state index in [1.165, 1.54) is 84.7 Å². The number of benzene rings is 7. The average Bonchev–Trinajstić information content (AvgIpc) is 0.931. The van der Waals surface area contributed by atoms with E-state index in [0.29, 0.717) is 52.4 Å². The molecule has 7 N–H and O–H groups in total. The number of nitrogens with one attached hydrogen (secondary N) is 7. The number of pyridine rings is 2. The van der Waals surface area contributed by atoms with Gasteiger partial charge >= 0.3 is 30.5 Å². The summed E-state index contributed by atoms with van der Waals surface area (Å²) in [6, 6.07) is 41.1. The number of carbonyl (C=O) groups excluding carboxylic acids is 8. The summed E-state index contributed by atoms with van der Waals surface area (Å²) in [6.07, 6.45) is -5.18. The highest BCUT2D eigenvalue weighted by molar-refractivity contribution is 6.32. The fraction of sp³-hybridized carbons (Fsp3) is 0.322. The second-order valence-corrected chi connectivity index (χ2v) is 31.4. The van der Waals surface area contributed by atoms with Gasteiger partial charge in [0.15, 0.2) is 5.82 Å². The fourth-order valence-electron chi connectivity index (χ4n) is 13.9. The number of aromatic nitrogens is 3. The van der Waals surface area contributed by atoms with E-state index < -0.39 is 128 Å². The lowest BCUT2D eigenvalue weighted by atomic mass is 10.0. The number of halogens is 10. The van der Waals surface area contributed by atoms with Crippen molar-refractivity contribution in [1.82, 2.24) is 66.6 Å². The van der Waals surface area contributed by atoms with Gasteiger partial charge in [0, 0.05) is 137 Å². The quantitative estimate of drug-likeness (QED) is 0.0117. The highest BCUT2D eigenvalue weighted by atomic mass is 35.5. The van der Waals surface area contributed by atoms with Crippen molar-refractivity contribution in [1.29, 1.82) is 0 Å². The molecule has 126 heavy (non-hydrogen) atoms. The van der Waals surface area contributed by atoms with Crippen LogP contribution in [0, 0.1) is 17.5 Å². The Bertz CT molecular complexity index is 5480. The third-order valence-corrected chi connectivity index (χ3v) is 21.8. The molecule has 0 saturated carbocycles. The Morgan fingerprint density at radius 2 is 1.20 bits per heavy atom. The maximum absolute atomic E-state index is 15.5. The average molecular weight is 1820 g/mol. The lowest BCUT2D eigenvalue weighted by Gasteiger charge is -2.44. The van der Waals surface area contributed by atoms with Gasteiger partial charge in [0.1, 0.15) is 54.8 Å². The lowest BCUT2D eigenvalue weighted by Crippen LogP contribution is -2.61. The van der Waals surface area contributed by atoms with E-state index in [9.17, 15) is 60.3 Å². The second kappa shape index (κ2) is 44.8. The molecule has 4 atom stereocenters. The van der Waals surface area contributed by atoms with Gasteiger partial charge in [-0.05, 0) is 102 Å². The molecular weight excluding hydrogens is 1730 g/mol. The number of alkyl halides is 3. The van der Waals surface area contributed by atoms with Crippen molar-refractivity contribution in [2.75, 3.05) is 81.3 Å². The van der Waals surface area contributed by atoms with E-state index in [4.69, 9.17) is 70.0 Å². The van der Waals surface area contributed by atoms with E-state index in [2.05, 4.69) is 52.5 Å². The van der Waals surface area contributed by atoms with Gasteiger partial charge in [-0.1, -0.05) is 179 Å². The Hall–Kier alpha value is -11.9. The maximum atomic E-state index is 15.5. The van der Waals surface area contributed by atoms with Crippen LogP contribution in [-0.2, 0) is 64.5 Å². The molecule has 29 nitrogen and oxygen atoms in total. The van der Waals surface area contributed by atoms with Crippen molar-refractivity contribution in [3.63, 3.8) is 0 Å². The molecule has 0 aliphatic carbocycles. The van der Waals surface area contributed by atoms with Gasteiger partial charge < -0.3 is 49.8 Å². The smallest absolute Gasteiger partial charge is 0.414 e. The largest absolute Gasteiger partial charge is 0.447 e. The molecule has 2 saturated heterocycles. The number of alkyl carbamates (subject to hydrolysis) is 1. The Balaban J connectivity index is 0.000000294. The fourth-order valence-corrected chi connectivity index (χ4v) is 14.7. The number of hydrogen-bond donors (Lipinski definition) is 7. The normalized spacial score (nSPS) is 14.5. The highest BCUT2D eigenvalue weighted by Crippen LogP contribution is 2.32. The highest BCUT2D eigenvalue weighted by Gasteiger charge is 2.47. The Kier molecular flexibility index (Phi) is 33.7. The zero-order valence-electron chi connectivity index (χ0n) is 68.5. The summed E-state index contributed by atoms with van der Waals surface area (Å²) in [5.74, 6) is -4.30. The number of anilines is 3. The number of fused-ring (bicyclic) bond motifs is 2. The van der Waals surface area contributed by atoms with E-state index in [0.717, 1.165) is 37.2 Å². The number of carbonyl (C=O) groups is 8. The number of ether oxygens (including phenoxy) is 3. The minimum Gasteiger partial charge on any atom is -0.447 e. The van der Waals surface area contributed by atoms with Crippen LogP contribution in [0.5, 0.6) is 0 Å². The predicted molar refractivity (Wildman–Crippen MR) is 460 cm³/mol. The van der Waals surface area contributed by atoms with Crippen molar-refractivity contribution in [3.8, 4) is 11.3 Å². The summed E-state index contributed by atoms with van der Waals surface area (Å²) >= 11 is 25.2. The molecular formula is C87H90Cl4F6N16O13. The summed E-state index contributed by atoms with van der Waals surface area (Å²) in [4.78, 5) is 127. The van der Waals surface area contributed by atoms with Crippen LogP contribution >= 0.6 is 46.4 Å². The molecule has 2 fully saturated rings. The summed E-state index contributed by atoms with van der Waals surface area (Å²) in [6.45, 7) is 4.45. The molecule has 3 aromatic heterocycles. The molecule has 2 aliphatic heterocycles. The topological polar surface area (TPSA) is 329 Å². The first-order valence-corrected chi connectivity index (χ1v) is 41.3. The molecule has 0 unspecified atom stereocenters. The van der Waals surface area contributed by atoms with Crippen LogP contribution in [0.1, 0.15) is 75.6 Å². The number of piperazine rings is 2. The second-order valence-electron chi connectivity index (χ2n) is 29.9. The summed E-state index contributed by atoms with van der Waals surface area (Å²) in [5.41, 5.74) is 4.77. The Morgan fingerprint density at radius 1 is 0.603 bits per heavy atom. The van der Waals surface area contributed by atoms with Gasteiger partial charge in [0.25, 0.3) is 0 Å². The monoisotopic (exact) mass is 1820 g/mol. The Morgan fingerprint density at radius 3 is 1.85 bits per heavy atom. The van der Waals surface area contributed by atoms with Gasteiger partial charge in [-0.3, -0.25) is 44.7 Å². The number of hydrogen-bond acceptors (Lipinski definition) is 20. The number of hydrazine groups is 2. The zero-order chi connectivity index (χ0) is 90.2. The molecule has 10 aromatic rings. The van der Waals surface area contributed by atoms with Crippen LogP contribution in [0.25, 0.3) is 32.8 Å². The zero-order valence-corrected chi connectivity index (χ0v) is 71.6. The molecule has 0 spiro atoms. The molecule has 9 amide bonds. The minimum absolute atomic E-state index is 0.000800. The van der Waals surface area contributed by atoms with E-state index in [-0.39, 0.29) is 115 Å². The number of urea groups is 1. The van der Waals surface area contributed by atoms with Crippen LogP contribution in [0.15, 0.2) is 193 Å². The molecule has 0 radical (unpaired) electrons. The number of nitrogens with zero attached hydrogens (tertiary/aromatic N) is 9. The van der Waals surface area contributed by atoms with E-state index in [1.807, 2.05) is 56.3 Å². The number of hydroxylamine groups is 1. The van der Waals surface area contributed by atoms with Gasteiger partial charge in [0.05, 0.1) is 39.8 Å². The number of rotatable bonds is 32. The number of amides is 9. The first-order chi connectivity index (χ1) is 60.3. The summed E-state index contributed by atoms with van der Waals surface area (Å²) in [7, 11) is 0. The van der Waals surface area contributed by atoms with Crippen LogP contribution < -0.4 is 42.4 Å².